The molecule has 0 bridgehead atoms. The van der Waals surface area contributed by atoms with E-state index in [0.29, 0.717) is 15.2 Å². The van der Waals surface area contributed by atoms with Crippen LogP contribution in [0.4, 0.5) is 4.39 Å². The van der Waals surface area contributed by atoms with Crippen molar-refractivity contribution in [2.75, 3.05) is 0 Å². The Morgan fingerprint density at radius 1 is 1.17 bits per heavy atom. The van der Waals surface area contributed by atoms with Gasteiger partial charge in [-0.3, -0.25) is 9.59 Å². The third-order valence-corrected chi connectivity index (χ3v) is 5.50. The second kappa shape index (κ2) is 8.75. The molecule has 2 aromatic rings. The van der Waals surface area contributed by atoms with E-state index in [1.165, 1.54) is 54.9 Å². The van der Waals surface area contributed by atoms with Gasteiger partial charge in [-0.15, -0.1) is 5.10 Å². The van der Waals surface area contributed by atoms with Crippen molar-refractivity contribution in [1.82, 2.24) is 10.3 Å². The van der Waals surface area contributed by atoms with Gasteiger partial charge < -0.3 is 10.1 Å². The molecule has 1 aliphatic heterocycles. The first-order valence-electron chi connectivity index (χ1n) is 8.34. The van der Waals surface area contributed by atoms with E-state index in [1.807, 2.05) is 0 Å². The number of benzene rings is 2. The zero-order chi connectivity index (χ0) is 21.1. The maximum absolute atomic E-state index is 13.0. The molecule has 0 fully saturated rings. The molecule has 0 unspecified atom stereocenters. The third kappa shape index (κ3) is 5.01. The van der Waals surface area contributed by atoms with E-state index < -0.39 is 17.2 Å². The lowest BCUT2D eigenvalue weighted by molar-refractivity contribution is -0.129. The fourth-order valence-corrected chi connectivity index (χ4v) is 4.08. The van der Waals surface area contributed by atoms with E-state index in [1.54, 1.807) is 18.2 Å². The van der Waals surface area contributed by atoms with Gasteiger partial charge in [0.2, 0.25) is 11.8 Å². The van der Waals surface area contributed by atoms with Gasteiger partial charge in [-0.2, -0.15) is 0 Å². The SMILES string of the molecule is CC(=O)NC1=NN(C(C)=O)[C@H](c2ccc(OC(=O)c3ccc(F)cc3)c(Br)c2)S1. The number of amides is 2. The summed E-state index contributed by atoms with van der Waals surface area (Å²) in [5.74, 6) is -1.38. The predicted octanol–water partition coefficient (Wildman–Crippen LogP) is 3.81. The van der Waals surface area contributed by atoms with Gasteiger partial charge in [0.25, 0.3) is 0 Å². The quantitative estimate of drug-likeness (QED) is 0.534. The molecule has 3 rings (SSSR count). The van der Waals surface area contributed by atoms with Crippen molar-refractivity contribution in [3.8, 4) is 5.75 Å². The zero-order valence-corrected chi connectivity index (χ0v) is 17.7. The summed E-state index contributed by atoms with van der Waals surface area (Å²) in [6, 6.07) is 9.99. The molecular formula is C19H15BrFN3O4S. The van der Waals surface area contributed by atoms with Gasteiger partial charge >= 0.3 is 5.97 Å². The molecule has 1 N–H and O–H groups in total. The molecule has 1 heterocycles. The Bertz CT molecular complexity index is 1010. The summed E-state index contributed by atoms with van der Waals surface area (Å²) in [4.78, 5) is 35.4. The summed E-state index contributed by atoms with van der Waals surface area (Å²) in [6.07, 6.45) is 0. The summed E-state index contributed by atoms with van der Waals surface area (Å²) >= 11 is 4.58. The number of esters is 1. The number of carbonyl (C=O) groups excluding carboxylic acids is 3. The van der Waals surface area contributed by atoms with Crippen LogP contribution in [0.1, 0.15) is 35.1 Å². The highest BCUT2D eigenvalue weighted by Gasteiger charge is 2.32. The highest BCUT2D eigenvalue weighted by Crippen LogP contribution is 2.41. The molecule has 0 saturated heterocycles. The van der Waals surface area contributed by atoms with E-state index in [2.05, 4.69) is 26.3 Å². The van der Waals surface area contributed by atoms with Crippen LogP contribution in [0.25, 0.3) is 0 Å². The molecule has 0 spiro atoms. The van der Waals surface area contributed by atoms with E-state index in [-0.39, 0.29) is 23.1 Å². The fraction of sp³-hybridized carbons (Fsp3) is 0.158. The molecule has 0 radical (unpaired) electrons. The van der Waals surface area contributed by atoms with Gasteiger partial charge in [0.15, 0.2) is 5.17 Å². The number of rotatable bonds is 3. The average molecular weight is 480 g/mol. The van der Waals surface area contributed by atoms with Gasteiger partial charge in [0.1, 0.15) is 16.9 Å². The number of ether oxygens (including phenoxy) is 1. The Labute approximate surface area is 178 Å². The first-order chi connectivity index (χ1) is 13.7. The van der Waals surface area contributed by atoms with Crippen LogP contribution in [-0.4, -0.2) is 28.0 Å². The number of carbonyl (C=O) groups is 3. The Kier molecular flexibility index (Phi) is 6.33. The number of hydrogen-bond donors (Lipinski definition) is 1. The second-order valence-electron chi connectivity index (χ2n) is 6.01. The topological polar surface area (TPSA) is 88.1 Å². The van der Waals surface area contributed by atoms with Gasteiger partial charge in [0, 0.05) is 13.8 Å². The van der Waals surface area contributed by atoms with Crippen molar-refractivity contribution in [2.45, 2.75) is 19.2 Å². The highest BCUT2D eigenvalue weighted by molar-refractivity contribution is 9.10. The zero-order valence-electron chi connectivity index (χ0n) is 15.3. The van der Waals surface area contributed by atoms with Crippen LogP contribution in [0, 0.1) is 5.82 Å². The molecule has 29 heavy (non-hydrogen) atoms. The number of hydrogen-bond acceptors (Lipinski definition) is 6. The van der Waals surface area contributed by atoms with Crippen LogP contribution in [-0.2, 0) is 9.59 Å². The Morgan fingerprint density at radius 3 is 2.45 bits per heavy atom. The Hall–Kier alpha value is -2.72. The highest BCUT2D eigenvalue weighted by atomic mass is 79.9. The fourth-order valence-electron chi connectivity index (χ4n) is 2.48. The Balaban J connectivity index is 1.78. The predicted molar refractivity (Wildman–Crippen MR) is 110 cm³/mol. The van der Waals surface area contributed by atoms with Crippen LogP contribution < -0.4 is 10.1 Å². The standard InChI is InChI=1S/C19H15BrFN3O4S/c1-10(25)22-19-23-24(11(2)26)17(29-19)13-5-8-16(15(20)9-13)28-18(27)12-3-6-14(21)7-4-12/h3-9,17H,1-2H3,(H,22,23,25)/t17-/m0/s1. The number of thioether (sulfide) groups is 1. The number of hydrazone groups is 1. The van der Waals surface area contributed by atoms with Crippen LogP contribution in [0.3, 0.4) is 0 Å². The molecule has 0 aliphatic carbocycles. The summed E-state index contributed by atoms with van der Waals surface area (Å²) < 4.78 is 18.8. The maximum atomic E-state index is 13.0. The lowest BCUT2D eigenvalue weighted by atomic mass is 10.2. The van der Waals surface area contributed by atoms with Crippen molar-refractivity contribution < 1.29 is 23.5 Å². The van der Waals surface area contributed by atoms with E-state index in [0.717, 1.165) is 0 Å². The first kappa shape index (κ1) is 21.0. The van der Waals surface area contributed by atoms with Crippen LogP contribution >= 0.6 is 27.7 Å². The largest absolute Gasteiger partial charge is 0.422 e. The third-order valence-electron chi connectivity index (χ3n) is 3.77. The van der Waals surface area contributed by atoms with Crippen molar-refractivity contribution >= 4 is 50.6 Å². The first-order valence-corrected chi connectivity index (χ1v) is 10.0. The summed E-state index contributed by atoms with van der Waals surface area (Å²) in [6.45, 7) is 2.73. The van der Waals surface area contributed by atoms with Gasteiger partial charge in [-0.25, -0.2) is 14.2 Å². The van der Waals surface area contributed by atoms with Crippen molar-refractivity contribution in [2.24, 2.45) is 5.10 Å². The second-order valence-corrected chi connectivity index (χ2v) is 7.93. The molecule has 2 aromatic carbocycles. The monoisotopic (exact) mass is 479 g/mol. The van der Waals surface area contributed by atoms with Gasteiger partial charge in [0.05, 0.1) is 10.0 Å². The van der Waals surface area contributed by atoms with E-state index in [4.69, 9.17) is 4.74 Å². The number of amidine groups is 1. The molecule has 7 nitrogen and oxygen atoms in total. The van der Waals surface area contributed by atoms with Crippen molar-refractivity contribution in [1.29, 1.82) is 0 Å². The summed E-state index contributed by atoms with van der Waals surface area (Å²) in [7, 11) is 0. The number of halogens is 2. The number of nitrogens with one attached hydrogen (secondary N) is 1. The molecule has 1 atom stereocenters. The minimum absolute atomic E-state index is 0.213. The lowest BCUT2D eigenvalue weighted by Gasteiger charge is -2.20. The number of nitrogens with zero attached hydrogens (tertiary/aromatic N) is 2. The van der Waals surface area contributed by atoms with E-state index >= 15 is 0 Å². The minimum atomic E-state index is -0.629. The van der Waals surface area contributed by atoms with Gasteiger partial charge in [-0.05, 0) is 57.9 Å². The molecule has 0 saturated carbocycles. The minimum Gasteiger partial charge on any atom is -0.422 e. The van der Waals surface area contributed by atoms with Crippen molar-refractivity contribution in [3.05, 3.63) is 63.9 Å². The Morgan fingerprint density at radius 2 is 1.86 bits per heavy atom. The summed E-state index contributed by atoms with van der Waals surface area (Å²) in [5, 5.41) is 7.81. The molecule has 1 aliphatic rings. The molecular weight excluding hydrogens is 465 g/mol. The lowest BCUT2D eigenvalue weighted by Crippen LogP contribution is -2.25. The van der Waals surface area contributed by atoms with E-state index in [9.17, 15) is 18.8 Å². The van der Waals surface area contributed by atoms with Crippen LogP contribution in [0.15, 0.2) is 52.0 Å². The van der Waals surface area contributed by atoms with Gasteiger partial charge in [-0.1, -0.05) is 17.8 Å². The average Bonchev–Trinajstić information content (AvgIpc) is 3.07. The molecule has 150 valence electrons. The van der Waals surface area contributed by atoms with Crippen molar-refractivity contribution in [3.63, 3.8) is 0 Å². The normalized spacial score (nSPS) is 15.7. The molecule has 2 amide bonds. The smallest absolute Gasteiger partial charge is 0.343 e. The van der Waals surface area contributed by atoms with Crippen LogP contribution in [0.5, 0.6) is 5.75 Å². The van der Waals surface area contributed by atoms with Crippen LogP contribution in [0.2, 0.25) is 0 Å². The summed E-state index contributed by atoms with van der Waals surface area (Å²) in [5.41, 5.74) is 0.924. The maximum Gasteiger partial charge on any atom is 0.343 e. The molecule has 10 heteroatoms. The molecule has 0 aromatic heterocycles.